The van der Waals surface area contributed by atoms with E-state index in [0.717, 1.165) is 39.0 Å². The molecule has 1 aliphatic carbocycles. The van der Waals surface area contributed by atoms with Crippen LogP contribution in [0.4, 0.5) is 0 Å². The van der Waals surface area contributed by atoms with Crippen LogP contribution >= 0.6 is 0 Å². The SMILES string of the molecule is CCCOC1=C(N2CC2)C(=O)C(OCCC)=C(N2CC2)C1=O. The number of carbonyl (C=O) groups is 2. The van der Waals surface area contributed by atoms with Crippen LogP contribution in [0.2, 0.25) is 0 Å². The van der Waals surface area contributed by atoms with Gasteiger partial charge in [0.25, 0.3) is 0 Å². The highest BCUT2D eigenvalue weighted by atomic mass is 16.5. The molecular formula is C16H22N2O4. The Morgan fingerprint density at radius 1 is 0.773 bits per heavy atom. The van der Waals surface area contributed by atoms with Gasteiger partial charge in [-0.3, -0.25) is 9.59 Å². The average Bonchev–Trinajstić information content (AvgIpc) is 3.37. The monoisotopic (exact) mass is 306 g/mol. The zero-order valence-electron chi connectivity index (χ0n) is 13.2. The van der Waals surface area contributed by atoms with Gasteiger partial charge >= 0.3 is 0 Å². The molecule has 6 heteroatoms. The summed E-state index contributed by atoms with van der Waals surface area (Å²) in [6.45, 7) is 7.96. The first-order valence-corrected chi connectivity index (χ1v) is 8.02. The summed E-state index contributed by atoms with van der Waals surface area (Å²) in [5.41, 5.74) is 0.769. The summed E-state index contributed by atoms with van der Waals surface area (Å²) in [5.74, 6) is -0.0118. The molecule has 0 amide bonds. The van der Waals surface area contributed by atoms with E-state index in [1.165, 1.54) is 0 Å². The summed E-state index contributed by atoms with van der Waals surface area (Å²) < 4.78 is 11.3. The van der Waals surface area contributed by atoms with Gasteiger partial charge in [-0.05, 0) is 12.8 Å². The predicted octanol–water partition coefficient (Wildman–Crippen LogP) is 1.05. The molecule has 0 radical (unpaired) electrons. The minimum Gasteiger partial charge on any atom is -0.487 e. The van der Waals surface area contributed by atoms with Crippen LogP contribution in [-0.2, 0) is 19.1 Å². The predicted molar refractivity (Wildman–Crippen MR) is 79.7 cm³/mol. The first kappa shape index (κ1) is 14.9. The molecule has 0 saturated carbocycles. The number of ether oxygens (including phenoxy) is 2. The second-order valence-electron chi connectivity index (χ2n) is 5.68. The second kappa shape index (κ2) is 6.02. The van der Waals surface area contributed by atoms with Crippen molar-refractivity contribution in [3.05, 3.63) is 22.9 Å². The van der Waals surface area contributed by atoms with Crippen molar-refractivity contribution < 1.29 is 19.1 Å². The van der Waals surface area contributed by atoms with Crippen LogP contribution in [0, 0.1) is 0 Å². The van der Waals surface area contributed by atoms with E-state index in [2.05, 4.69) is 0 Å². The molecule has 2 fully saturated rings. The van der Waals surface area contributed by atoms with E-state index in [9.17, 15) is 9.59 Å². The van der Waals surface area contributed by atoms with Gasteiger partial charge in [0.15, 0.2) is 11.5 Å². The lowest BCUT2D eigenvalue weighted by molar-refractivity contribution is -0.123. The highest BCUT2D eigenvalue weighted by Crippen LogP contribution is 2.35. The minimum atomic E-state index is -0.210. The van der Waals surface area contributed by atoms with Gasteiger partial charge in [0.2, 0.25) is 11.6 Å². The van der Waals surface area contributed by atoms with E-state index in [1.807, 2.05) is 23.6 Å². The quantitative estimate of drug-likeness (QED) is 0.493. The molecule has 2 heterocycles. The van der Waals surface area contributed by atoms with Gasteiger partial charge < -0.3 is 19.3 Å². The molecule has 3 rings (SSSR count). The first-order valence-electron chi connectivity index (χ1n) is 8.02. The molecule has 6 nitrogen and oxygen atoms in total. The maximum absolute atomic E-state index is 12.8. The highest BCUT2D eigenvalue weighted by Gasteiger charge is 2.46. The number of ketones is 2. The lowest BCUT2D eigenvalue weighted by Crippen LogP contribution is -2.32. The summed E-state index contributed by atoms with van der Waals surface area (Å²) in [4.78, 5) is 29.4. The standard InChI is InChI=1S/C16H22N2O4/c1-3-9-21-15-11(17-5-6-17)14(20)16(22-10-4-2)12(13(15)19)18-7-8-18/h3-10H2,1-2H3. The molecule has 0 aromatic heterocycles. The number of hydrogen-bond donors (Lipinski definition) is 0. The van der Waals surface area contributed by atoms with E-state index < -0.39 is 0 Å². The fraction of sp³-hybridized carbons (Fsp3) is 0.625. The Labute approximate surface area is 130 Å². The van der Waals surface area contributed by atoms with E-state index >= 15 is 0 Å². The molecule has 22 heavy (non-hydrogen) atoms. The second-order valence-corrected chi connectivity index (χ2v) is 5.68. The van der Waals surface area contributed by atoms with Gasteiger partial charge in [0.1, 0.15) is 11.4 Å². The van der Waals surface area contributed by atoms with Gasteiger partial charge in [-0.2, -0.15) is 0 Å². The molecule has 120 valence electrons. The Hall–Kier alpha value is -1.98. The zero-order chi connectivity index (χ0) is 15.7. The molecule has 0 bridgehead atoms. The van der Waals surface area contributed by atoms with Crippen molar-refractivity contribution in [2.45, 2.75) is 26.7 Å². The van der Waals surface area contributed by atoms with E-state index in [1.54, 1.807) is 0 Å². The maximum atomic E-state index is 12.8. The van der Waals surface area contributed by atoms with Crippen LogP contribution in [0.15, 0.2) is 22.9 Å². The minimum absolute atomic E-state index is 0.204. The van der Waals surface area contributed by atoms with Gasteiger partial charge in [-0.1, -0.05) is 13.8 Å². The van der Waals surface area contributed by atoms with Crippen molar-refractivity contribution in [2.24, 2.45) is 0 Å². The van der Waals surface area contributed by atoms with Crippen LogP contribution in [-0.4, -0.2) is 60.8 Å². The Bertz CT molecular complexity index is 506. The molecule has 0 N–H and O–H groups in total. The third-order valence-corrected chi connectivity index (χ3v) is 3.70. The van der Waals surface area contributed by atoms with Gasteiger partial charge in [0, 0.05) is 26.2 Å². The van der Waals surface area contributed by atoms with Crippen molar-refractivity contribution >= 4 is 11.6 Å². The lowest BCUT2D eigenvalue weighted by atomic mass is 10.0. The largest absolute Gasteiger partial charge is 0.487 e. The van der Waals surface area contributed by atoms with E-state index in [0.29, 0.717) is 24.6 Å². The smallest absolute Gasteiger partial charge is 0.249 e. The normalized spacial score (nSPS) is 20.8. The fourth-order valence-electron chi connectivity index (χ4n) is 2.43. The molecule has 2 saturated heterocycles. The molecule has 0 atom stereocenters. The highest BCUT2D eigenvalue weighted by molar-refractivity contribution is 6.23. The van der Waals surface area contributed by atoms with Gasteiger partial charge in [0.05, 0.1) is 13.2 Å². The van der Waals surface area contributed by atoms with Crippen LogP contribution in [0.1, 0.15) is 26.7 Å². The molecule has 0 aromatic carbocycles. The average molecular weight is 306 g/mol. The Kier molecular flexibility index (Phi) is 4.09. The Morgan fingerprint density at radius 3 is 1.41 bits per heavy atom. The summed E-state index contributed by atoms with van der Waals surface area (Å²) >= 11 is 0. The molecule has 0 spiro atoms. The molecular weight excluding hydrogens is 284 g/mol. The van der Waals surface area contributed by atoms with E-state index in [4.69, 9.17) is 9.47 Å². The van der Waals surface area contributed by atoms with Crippen molar-refractivity contribution in [3.8, 4) is 0 Å². The van der Waals surface area contributed by atoms with Gasteiger partial charge in [-0.15, -0.1) is 0 Å². The summed E-state index contributed by atoms with van der Waals surface area (Å²) in [6.07, 6.45) is 1.58. The fourth-order valence-corrected chi connectivity index (χ4v) is 2.43. The number of Topliss-reactive ketones (excluding diaryl/α,β-unsaturated/α-hetero) is 2. The number of nitrogens with zero attached hydrogens (tertiary/aromatic N) is 2. The maximum Gasteiger partial charge on any atom is 0.249 e. The molecule has 2 aliphatic heterocycles. The lowest BCUT2D eigenvalue weighted by Gasteiger charge is -2.24. The third-order valence-electron chi connectivity index (χ3n) is 3.70. The third kappa shape index (κ3) is 2.69. The Balaban J connectivity index is 1.96. The van der Waals surface area contributed by atoms with Crippen LogP contribution < -0.4 is 0 Å². The Morgan fingerprint density at radius 2 is 1.14 bits per heavy atom. The van der Waals surface area contributed by atoms with Gasteiger partial charge in [-0.25, -0.2) is 0 Å². The van der Waals surface area contributed by atoms with Crippen LogP contribution in [0.25, 0.3) is 0 Å². The van der Waals surface area contributed by atoms with Crippen molar-refractivity contribution in [2.75, 3.05) is 39.4 Å². The van der Waals surface area contributed by atoms with Crippen LogP contribution in [0.3, 0.4) is 0 Å². The van der Waals surface area contributed by atoms with Crippen molar-refractivity contribution in [1.82, 2.24) is 9.80 Å². The van der Waals surface area contributed by atoms with Crippen molar-refractivity contribution in [1.29, 1.82) is 0 Å². The molecule has 0 unspecified atom stereocenters. The molecule has 3 aliphatic rings. The summed E-state index contributed by atoms with van der Waals surface area (Å²) in [7, 11) is 0. The zero-order valence-corrected chi connectivity index (χ0v) is 13.2. The van der Waals surface area contributed by atoms with Crippen LogP contribution in [0.5, 0.6) is 0 Å². The first-order chi connectivity index (χ1) is 10.7. The number of rotatable bonds is 8. The summed E-state index contributed by atoms with van der Waals surface area (Å²) in [6, 6.07) is 0. The topological polar surface area (TPSA) is 58.6 Å². The number of hydrogen-bond acceptors (Lipinski definition) is 6. The van der Waals surface area contributed by atoms with E-state index in [-0.39, 0.29) is 23.1 Å². The van der Waals surface area contributed by atoms with Crippen molar-refractivity contribution in [3.63, 3.8) is 0 Å². The molecule has 0 aromatic rings. The summed E-state index contributed by atoms with van der Waals surface area (Å²) in [5, 5.41) is 0. The number of carbonyl (C=O) groups excluding carboxylic acids is 2.